The number of hydrogen-bond acceptors (Lipinski definition) is 4. The summed E-state index contributed by atoms with van der Waals surface area (Å²) in [5.41, 5.74) is 1.32. The average molecular weight is 307 g/mol. The van der Waals surface area contributed by atoms with Gasteiger partial charge in [0.25, 0.3) is 5.24 Å². The molecule has 0 aliphatic rings. The lowest BCUT2D eigenvalue weighted by atomic mass is 10.2. The number of ether oxygens (including phenoxy) is 3. The van der Waals surface area contributed by atoms with E-state index in [1.807, 2.05) is 24.3 Å². The van der Waals surface area contributed by atoms with Crippen LogP contribution < -0.4 is 14.2 Å². The van der Waals surface area contributed by atoms with Crippen molar-refractivity contribution in [1.29, 1.82) is 0 Å². The van der Waals surface area contributed by atoms with Crippen molar-refractivity contribution in [1.82, 2.24) is 0 Å². The van der Waals surface area contributed by atoms with E-state index in [9.17, 15) is 4.79 Å². The maximum absolute atomic E-state index is 11.2. The molecule has 0 amide bonds. The van der Waals surface area contributed by atoms with E-state index in [1.165, 1.54) is 7.11 Å². The van der Waals surface area contributed by atoms with Crippen LogP contribution in [0, 0.1) is 0 Å². The van der Waals surface area contributed by atoms with Gasteiger partial charge in [-0.1, -0.05) is 12.1 Å². The molecule has 2 aromatic rings. The molecule has 0 saturated heterocycles. The highest BCUT2D eigenvalue weighted by atomic mass is 35.5. The largest absolute Gasteiger partial charge is 0.497 e. The maximum atomic E-state index is 11.2. The Kier molecular flexibility index (Phi) is 5.06. The van der Waals surface area contributed by atoms with Gasteiger partial charge in [-0.05, 0) is 41.4 Å². The molecule has 4 nitrogen and oxygen atoms in total. The van der Waals surface area contributed by atoms with Crippen LogP contribution in [0.3, 0.4) is 0 Å². The molecule has 2 rings (SSSR count). The van der Waals surface area contributed by atoms with Crippen molar-refractivity contribution in [3.05, 3.63) is 53.6 Å². The third kappa shape index (κ3) is 3.89. The molecule has 0 radical (unpaired) electrons. The van der Waals surface area contributed by atoms with E-state index in [0.717, 1.165) is 11.3 Å². The molecular formula is C16H15ClO4. The summed E-state index contributed by atoms with van der Waals surface area (Å²) in [5, 5.41) is -0.562. The van der Waals surface area contributed by atoms with E-state index < -0.39 is 5.24 Å². The van der Waals surface area contributed by atoms with Gasteiger partial charge in [-0.15, -0.1) is 0 Å². The second-order valence-corrected chi connectivity index (χ2v) is 4.62. The molecular weight excluding hydrogens is 292 g/mol. The van der Waals surface area contributed by atoms with Gasteiger partial charge in [-0.25, -0.2) is 0 Å². The Morgan fingerprint density at radius 2 is 1.67 bits per heavy atom. The molecule has 0 saturated carbocycles. The molecule has 0 fully saturated rings. The summed E-state index contributed by atoms with van der Waals surface area (Å²) in [6.07, 6.45) is 0. The Morgan fingerprint density at radius 1 is 1.00 bits per heavy atom. The minimum Gasteiger partial charge on any atom is -0.497 e. The highest BCUT2D eigenvalue weighted by Gasteiger charge is 2.11. The molecule has 0 aliphatic carbocycles. The van der Waals surface area contributed by atoms with E-state index in [0.29, 0.717) is 23.7 Å². The Labute approximate surface area is 128 Å². The Balaban J connectivity index is 2.07. The van der Waals surface area contributed by atoms with Crippen molar-refractivity contribution < 1.29 is 19.0 Å². The van der Waals surface area contributed by atoms with Crippen LogP contribution in [0.25, 0.3) is 0 Å². The molecule has 0 aliphatic heterocycles. The fourth-order valence-electron chi connectivity index (χ4n) is 1.81. The van der Waals surface area contributed by atoms with Gasteiger partial charge in [-0.3, -0.25) is 4.79 Å². The van der Waals surface area contributed by atoms with E-state index in [1.54, 1.807) is 25.3 Å². The topological polar surface area (TPSA) is 44.8 Å². The summed E-state index contributed by atoms with van der Waals surface area (Å²) < 4.78 is 15.9. The van der Waals surface area contributed by atoms with Gasteiger partial charge in [-0.2, -0.15) is 0 Å². The van der Waals surface area contributed by atoms with Crippen LogP contribution >= 0.6 is 11.6 Å². The van der Waals surface area contributed by atoms with Crippen LogP contribution in [0.1, 0.15) is 15.9 Å². The second-order valence-electron chi connectivity index (χ2n) is 4.27. The van der Waals surface area contributed by atoms with Crippen LogP contribution in [0.2, 0.25) is 0 Å². The average Bonchev–Trinajstić information content (AvgIpc) is 2.52. The van der Waals surface area contributed by atoms with Crippen LogP contribution in [0.15, 0.2) is 42.5 Å². The summed E-state index contributed by atoms with van der Waals surface area (Å²) >= 11 is 5.47. The molecule has 0 heterocycles. The van der Waals surface area contributed by atoms with Gasteiger partial charge in [0.1, 0.15) is 23.9 Å². The lowest BCUT2D eigenvalue weighted by molar-refractivity contribution is 0.107. The molecule has 0 unspecified atom stereocenters. The Bertz CT molecular complexity index is 623. The Morgan fingerprint density at radius 3 is 2.24 bits per heavy atom. The van der Waals surface area contributed by atoms with Crippen LogP contribution in [0.4, 0.5) is 0 Å². The van der Waals surface area contributed by atoms with Gasteiger partial charge in [0.2, 0.25) is 0 Å². The van der Waals surface area contributed by atoms with E-state index in [-0.39, 0.29) is 0 Å². The number of benzene rings is 2. The second kappa shape index (κ2) is 6.99. The summed E-state index contributed by atoms with van der Waals surface area (Å²) in [6.45, 7) is 0.404. The molecule has 2 aromatic carbocycles. The summed E-state index contributed by atoms with van der Waals surface area (Å²) in [4.78, 5) is 11.2. The molecule has 0 aromatic heterocycles. The summed E-state index contributed by atoms with van der Waals surface area (Å²) in [7, 11) is 3.10. The summed E-state index contributed by atoms with van der Waals surface area (Å²) in [5.74, 6) is 1.79. The molecule has 0 bridgehead atoms. The molecule has 0 atom stereocenters. The predicted octanol–water partition coefficient (Wildman–Crippen LogP) is 3.66. The fourth-order valence-corrected chi connectivity index (χ4v) is 1.97. The number of carbonyl (C=O) groups is 1. The van der Waals surface area contributed by atoms with Gasteiger partial charge >= 0.3 is 0 Å². The third-order valence-corrected chi connectivity index (χ3v) is 3.15. The molecule has 21 heavy (non-hydrogen) atoms. The first-order valence-corrected chi connectivity index (χ1v) is 6.65. The van der Waals surface area contributed by atoms with E-state index >= 15 is 0 Å². The number of hydrogen-bond donors (Lipinski definition) is 0. The van der Waals surface area contributed by atoms with Crippen LogP contribution in [-0.2, 0) is 6.61 Å². The van der Waals surface area contributed by atoms with Gasteiger partial charge in [0, 0.05) is 6.07 Å². The standard InChI is InChI=1S/C16H15ClO4/c1-19-12-5-3-11(4-6-12)10-21-13-7-8-14(16(17)18)15(9-13)20-2/h3-9H,10H2,1-2H3. The lowest BCUT2D eigenvalue weighted by Crippen LogP contribution is -1.99. The van der Waals surface area contributed by atoms with E-state index in [4.69, 9.17) is 25.8 Å². The van der Waals surface area contributed by atoms with Crippen molar-refractivity contribution in [3.63, 3.8) is 0 Å². The number of rotatable bonds is 6. The smallest absolute Gasteiger partial charge is 0.256 e. The van der Waals surface area contributed by atoms with Crippen LogP contribution in [0.5, 0.6) is 17.2 Å². The fraction of sp³-hybridized carbons (Fsp3) is 0.188. The minimum atomic E-state index is -0.562. The van der Waals surface area contributed by atoms with Crippen LogP contribution in [-0.4, -0.2) is 19.5 Å². The van der Waals surface area contributed by atoms with Gasteiger partial charge in [0.05, 0.1) is 19.8 Å². The maximum Gasteiger partial charge on any atom is 0.256 e. The van der Waals surface area contributed by atoms with Crippen molar-refractivity contribution >= 4 is 16.8 Å². The normalized spacial score (nSPS) is 10.0. The van der Waals surface area contributed by atoms with Crippen molar-refractivity contribution in [2.24, 2.45) is 0 Å². The van der Waals surface area contributed by atoms with Crippen molar-refractivity contribution in [2.75, 3.05) is 14.2 Å². The zero-order valence-electron chi connectivity index (χ0n) is 11.8. The molecule has 110 valence electrons. The quantitative estimate of drug-likeness (QED) is 0.764. The van der Waals surface area contributed by atoms with E-state index in [2.05, 4.69) is 0 Å². The van der Waals surface area contributed by atoms with Gasteiger partial charge in [0.15, 0.2) is 0 Å². The number of halogens is 1. The molecule has 5 heteroatoms. The zero-order chi connectivity index (χ0) is 15.2. The third-order valence-electron chi connectivity index (χ3n) is 2.95. The first-order chi connectivity index (χ1) is 10.1. The van der Waals surface area contributed by atoms with Gasteiger partial charge < -0.3 is 14.2 Å². The predicted molar refractivity (Wildman–Crippen MR) is 80.5 cm³/mol. The molecule has 0 spiro atoms. The first kappa shape index (κ1) is 15.2. The van der Waals surface area contributed by atoms with Crippen molar-refractivity contribution in [2.45, 2.75) is 6.61 Å². The minimum absolute atomic E-state index is 0.316. The summed E-state index contributed by atoms with van der Waals surface area (Å²) in [6, 6.07) is 12.5. The lowest BCUT2D eigenvalue weighted by Gasteiger charge is -2.10. The highest BCUT2D eigenvalue weighted by molar-refractivity contribution is 6.68. The number of methoxy groups -OCH3 is 2. The Hall–Kier alpha value is -2.20. The zero-order valence-corrected chi connectivity index (χ0v) is 12.5. The van der Waals surface area contributed by atoms with Crippen molar-refractivity contribution in [3.8, 4) is 17.2 Å². The highest BCUT2D eigenvalue weighted by Crippen LogP contribution is 2.26. The number of carbonyl (C=O) groups excluding carboxylic acids is 1. The monoisotopic (exact) mass is 306 g/mol. The SMILES string of the molecule is COc1ccc(COc2ccc(C(=O)Cl)c(OC)c2)cc1. The molecule has 0 N–H and O–H groups in total. The first-order valence-electron chi connectivity index (χ1n) is 6.27.